The summed E-state index contributed by atoms with van der Waals surface area (Å²) in [6.45, 7) is 1.51. The van der Waals surface area contributed by atoms with Gasteiger partial charge in [-0.2, -0.15) is 0 Å². The van der Waals surface area contributed by atoms with Gasteiger partial charge in [-0.25, -0.2) is 0 Å². The molecule has 1 N–H and O–H groups in total. The number of carbonyl (C=O) groups is 2. The first-order chi connectivity index (χ1) is 11.1. The second kappa shape index (κ2) is 8.39. The quantitative estimate of drug-likeness (QED) is 0.616. The van der Waals surface area contributed by atoms with Crippen LogP contribution < -0.4 is 10.1 Å². The molecule has 0 aliphatic heterocycles. The lowest BCUT2D eigenvalue weighted by Crippen LogP contribution is -2.12. The van der Waals surface area contributed by atoms with Crippen LogP contribution in [0.4, 0.5) is 5.69 Å². The van der Waals surface area contributed by atoms with Gasteiger partial charge in [-0.05, 0) is 43.3 Å². The number of thioether (sulfide) groups is 1. The monoisotopic (exact) mass is 329 g/mol. The molecule has 0 heterocycles. The molecular formula is C18H19NO3S. The third kappa shape index (κ3) is 5.45. The fraction of sp³-hybridized carbons (Fsp3) is 0.222. The number of ketones is 1. The Balaban J connectivity index is 1.80. The van der Waals surface area contributed by atoms with Gasteiger partial charge in [0, 0.05) is 28.3 Å². The van der Waals surface area contributed by atoms with Crippen molar-refractivity contribution < 1.29 is 14.3 Å². The van der Waals surface area contributed by atoms with Gasteiger partial charge >= 0.3 is 0 Å². The molecule has 0 atom stereocenters. The van der Waals surface area contributed by atoms with Crippen molar-refractivity contribution in [2.24, 2.45) is 0 Å². The van der Waals surface area contributed by atoms with E-state index in [0.717, 1.165) is 10.6 Å². The minimum absolute atomic E-state index is 0.0174. The Bertz CT molecular complexity index is 683. The Hall–Kier alpha value is -2.27. The summed E-state index contributed by atoms with van der Waals surface area (Å²) in [7, 11) is 1.63. The third-order valence-corrected chi connectivity index (χ3v) is 4.22. The summed E-state index contributed by atoms with van der Waals surface area (Å²) >= 11 is 1.62. The fourth-order valence-corrected chi connectivity index (χ4v) is 2.82. The number of ether oxygens (including phenoxy) is 1. The number of carbonyl (C=O) groups excluding carboxylic acids is 2. The Kier molecular flexibility index (Phi) is 6.23. The minimum Gasteiger partial charge on any atom is -0.497 e. The molecule has 0 saturated carbocycles. The first-order valence-electron chi connectivity index (χ1n) is 7.26. The van der Waals surface area contributed by atoms with Gasteiger partial charge in [-0.15, -0.1) is 11.8 Å². The minimum atomic E-state index is -0.0632. The van der Waals surface area contributed by atoms with Crippen molar-refractivity contribution in [1.82, 2.24) is 0 Å². The molecule has 4 nitrogen and oxygen atoms in total. The Labute approximate surface area is 140 Å². The first kappa shape index (κ1) is 17.1. The molecule has 0 saturated heterocycles. The van der Waals surface area contributed by atoms with E-state index in [2.05, 4.69) is 5.32 Å². The lowest BCUT2D eigenvalue weighted by atomic mass is 10.1. The molecule has 0 aliphatic carbocycles. The molecule has 0 aliphatic rings. The van der Waals surface area contributed by atoms with E-state index < -0.39 is 0 Å². The van der Waals surface area contributed by atoms with Crippen LogP contribution >= 0.6 is 11.8 Å². The van der Waals surface area contributed by atoms with E-state index in [-0.39, 0.29) is 11.7 Å². The normalized spacial score (nSPS) is 10.2. The maximum atomic E-state index is 12.0. The molecule has 0 radical (unpaired) electrons. The Morgan fingerprint density at radius 3 is 2.52 bits per heavy atom. The summed E-state index contributed by atoms with van der Waals surface area (Å²) in [6.07, 6.45) is 0.404. The summed E-state index contributed by atoms with van der Waals surface area (Å²) in [6, 6.07) is 14.7. The maximum Gasteiger partial charge on any atom is 0.225 e. The largest absolute Gasteiger partial charge is 0.497 e. The molecule has 2 aromatic carbocycles. The van der Waals surface area contributed by atoms with Gasteiger partial charge in [-0.1, -0.05) is 12.1 Å². The second-order valence-corrected chi connectivity index (χ2v) is 6.13. The Morgan fingerprint density at radius 2 is 1.87 bits per heavy atom. The van der Waals surface area contributed by atoms with Crippen LogP contribution in [0.15, 0.2) is 53.4 Å². The number of amides is 1. The summed E-state index contributed by atoms with van der Waals surface area (Å²) < 4.78 is 5.11. The molecule has 120 valence electrons. The van der Waals surface area contributed by atoms with Crippen molar-refractivity contribution in [3.63, 3.8) is 0 Å². The number of anilines is 1. The summed E-state index contributed by atoms with van der Waals surface area (Å²) in [4.78, 5) is 24.4. The maximum absolute atomic E-state index is 12.0. The van der Waals surface area contributed by atoms with E-state index in [0.29, 0.717) is 23.4 Å². The van der Waals surface area contributed by atoms with Crippen LogP contribution in [0.25, 0.3) is 0 Å². The van der Waals surface area contributed by atoms with Crippen molar-refractivity contribution in [1.29, 1.82) is 0 Å². The lowest BCUT2D eigenvalue weighted by Gasteiger charge is -2.07. The van der Waals surface area contributed by atoms with Crippen molar-refractivity contribution in [2.45, 2.75) is 18.2 Å². The number of nitrogens with one attached hydrogen (secondary N) is 1. The van der Waals surface area contributed by atoms with Gasteiger partial charge in [0.05, 0.1) is 7.11 Å². The van der Waals surface area contributed by atoms with E-state index in [4.69, 9.17) is 4.74 Å². The second-order valence-electron chi connectivity index (χ2n) is 4.96. The van der Waals surface area contributed by atoms with E-state index >= 15 is 0 Å². The highest BCUT2D eigenvalue weighted by molar-refractivity contribution is 7.99. The molecule has 0 spiro atoms. The van der Waals surface area contributed by atoms with Crippen LogP contribution in [-0.4, -0.2) is 24.6 Å². The summed E-state index contributed by atoms with van der Waals surface area (Å²) in [5, 5.41) is 2.82. The molecular weight excluding hydrogens is 310 g/mol. The molecule has 0 aromatic heterocycles. The van der Waals surface area contributed by atoms with Crippen molar-refractivity contribution in [3.8, 4) is 5.75 Å². The van der Waals surface area contributed by atoms with E-state index in [1.54, 1.807) is 43.1 Å². The first-order valence-corrected chi connectivity index (χ1v) is 8.25. The van der Waals surface area contributed by atoms with Crippen LogP contribution in [0.2, 0.25) is 0 Å². The standard InChI is InChI=1S/C18H19NO3S/c1-13(20)14-4-3-5-15(12-14)19-18(21)10-11-23-17-8-6-16(22-2)7-9-17/h3-9,12H,10-11H2,1-2H3,(H,19,21). The van der Waals surface area contributed by atoms with E-state index in [1.807, 2.05) is 24.3 Å². The van der Waals surface area contributed by atoms with Crippen molar-refractivity contribution >= 4 is 29.1 Å². The fourth-order valence-electron chi connectivity index (χ4n) is 1.97. The number of Topliss-reactive ketones (excluding diaryl/α,β-unsaturated/α-hetero) is 1. The highest BCUT2D eigenvalue weighted by Crippen LogP contribution is 2.22. The highest BCUT2D eigenvalue weighted by atomic mass is 32.2. The number of benzene rings is 2. The van der Waals surface area contributed by atoms with Crippen LogP contribution in [0.5, 0.6) is 5.75 Å². The van der Waals surface area contributed by atoms with Crippen LogP contribution in [0, 0.1) is 0 Å². The van der Waals surface area contributed by atoms with Crippen LogP contribution in [0.1, 0.15) is 23.7 Å². The number of rotatable bonds is 7. The molecule has 0 fully saturated rings. The number of hydrogen-bond donors (Lipinski definition) is 1. The van der Waals surface area contributed by atoms with E-state index in [9.17, 15) is 9.59 Å². The average Bonchev–Trinajstić information content (AvgIpc) is 2.55. The van der Waals surface area contributed by atoms with Gasteiger partial charge in [0.25, 0.3) is 0 Å². The molecule has 23 heavy (non-hydrogen) atoms. The van der Waals surface area contributed by atoms with Crippen molar-refractivity contribution in [2.75, 3.05) is 18.2 Å². The predicted octanol–water partition coefficient (Wildman–Crippen LogP) is 4.02. The zero-order valence-corrected chi connectivity index (χ0v) is 14.0. The smallest absolute Gasteiger partial charge is 0.225 e. The van der Waals surface area contributed by atoms with Crippen LogP contribution in [0.3, 0.4) is 0 Å². The van der Waals surface area contributed by atoms with Gasteiger partial charge in [0.2, 0.25) is 5.91 Å². The zero-order valence-electron chi connectivity index (χ0n) is 13.2. The molecule has 2 aromatic rings. The van der Waals surface area contributed by atoms with Gasteiger partial charge in [-0.3, -0.25) is 9.59 Å². The molecule has 0 bridgehead atoms. The zero-order chi connectivity index (χ0) is 16.7. The van der Waals surface area contributed by atoms with Crippen LogP contribution in [-0.2, 0) is 4.79 Å². The SMILES string of the molecule is COc1ccc(SCCC(=O)Nc2cccc(C(C)=O)c2)cc1. The summed E-state index contributed by atoms with van der Waals surface area (Å²) in [5.74, 6) is 1.42. The van der Waals surface area contributed by atoms with Crippen molar-refractivity contribution in [3.05, 3.63) is 54.1 Å². The topological polar surface area (TPSA) is 55.4 Å². The Morgan fingerprint density at radius 1 is 1.13 bits per heavy atom. The molecule has 5 heteroatoms. The molecule has 1 amide bonds. The lowest BCUT2D eigenvalue weighted by molar-refractivity contribution is -0.115. The van der Waals surface area contributed by atoms with Gasteiger partial charge < -0.3 is 10.1 Å². The highest BCUT2D eigenvalue weighted by Gasteiger charge is 2.05. The number of methoxy groups -OCH3 is 1. The molecule has 2 rings (SSSR count). The third-order valence-electron chi connectivity index (χ3n) is 3.21. The average molecular weight is 329 g/mol. The molecule has 0 unspecified atom stereocenters. The summed E-state index contributed by atoms with van der Waals surface area (Å²) in [5.41, 5.74) is 1.24. The van der Waals surface area contributed by atoms with E-state index in [1.165, 1.54) is 6.92 Å². The number of hydrogen-bond acceptors (Lipinski definition) is 4. The van der Waals surface area contributed by atoms with Gasteiger partial charge in [0.15, 0.2) is 5.78 Å². The van der Waals surface area contributed by atoms with Gasteiger partial charge in [0.1, 0.15) is 5.75 Å². The predicted molar refractivity (Wildman–Crippen MR) is 93.4 cm³/mol.